The molecule has 2 fully saturated rings. The fourth-order valence-electron chi connectivity index (χ4n) is 2.94. The van der Waals surface area contributed by atoms with E-state index in [4.69, 9.17) is 26.2 Å². The molecule has 0 aromatic heterocycles. The predicted octanol–water partition coefficient (Wildman–Crippen LogP) is 3.52. The highest BCUT2D eigenvalue weighted by Crippen LogP contribution is 2.43. The summed E-state index contributed by atoms with van der Waals surface area (Å²) in [5, 5.41) is 9.30. The summed E-state index contributed by atoms with van der Waals surface area (Å²) in [7, 11) is 0. The van der Waals surface area contributed by atoms with Gasteiger partial charge in [-0.15, -0.1) is 0 Å². The first-order chi connectivity index (χ1) is 9.58. The highest BCUT2D eigenvalue weighted by molar-refractivity contribution is 6.33. The number of ether oxygens (including phenoxy) is 2. The molecule has 1 atom stereocenters. The molecule has 108 valence electrons. The molecule has 1 saturated heterocycles. The van der Waals surface area contributed by atoms with Gasteiger partial charge in [-0.1, -0.05) is 11.6 Å². The molecule has 1 spiro atoms. The Labute approximate surface area is 122 Å². The predicted molar refractivity (Wildman–Crippen MR) is 74.6 cm³/mol. The van der Waals surface area contributed by atoms with E-state index >= 15 is 0 Å². The van der Waals surface area contributed by atoms with Crippen molar-refractivity contribution < 1.29 is 19.4 Å². The van der Waals surface area contributed by atoms with E-state index < -0.39 is 5.97 Å². The molecule has 1 heterocycles. The van der Waals surface area contributed by atoms with Crippen LogP contribution in [-0.2, 0) is 4.74 Å². The van der Waals surface area contributed by atoms with E-state index in [1.54, 1.807) is 12.1 Å². The first-order valence-electron chi connectivity index (χ1n) is 6.91. The molecule has 1 unspecified atom stereocenters. The van der Waals surface area contributed by atoms with Gasteiger partial charge in [0.15, 0.2) is 0 Å². The second-order valence-corrected chi connectivity index (χ2v) is 5.97. The number of carbonyl (C=O) groups is 1. The van der Waals surface area contributed by atoms with E-state index in [0.29, 0.717) is 12.4 Å². The van der Waals surface area contributed by atoms with E-state index in [9.17, 15) is 4.79 Å². The highest BCUT2D eigenvalue weighted by Gasteiger charge is 2.43. The lowest BCUT2D eigenvalue weighted by molar-refractivity contribution is -0.153. The van der Waals surface area contributed by atoms with Crippen LogP contribution in [0.2, 0.25) is 5.02 Å². The monoisotopic (exact) mass is 296 g/mol. The molecule has 1 aliphatic carbocycles. The molecule has 4 nitrogen and oxygen atoms in total. The maximum atomic E-state index is 11.1. The van der Waals surface area contributed by atoms with Crippen LogP contribution in [0.1, 0.15) is 42.5 Å². The summed E-state index contributed by atoms with van der Waals surface area (Å²) in [6.07, 6.45) is 5.25. The molecule has 0 radical (unpaired) electrons. The molecule has 1 N–H and O–H groups in total. The van der Waals surface area contributed by atoms with Crippen molar-refractivity contribution >= 4 is 17.6 Å². The first-order valence-corrected chi connectivity index (χ1v) is 7.29. The Morgan fingerprint density at radius 1 is 1.45 bits per heavy atom. The minimum atomic E-state index is -1.04. The van der Waals surface area contributed by atoms with E-state index in [2.05, 4.69) is 0 Å². The van der Waals surface area contributed by atoms with Crippen molar-refractivity contribution in [2.75, 3.05) is 6.61 Å². The van der Waals surface area contributed by atoms with Crippen LogP contribution in [0.4, 0.5) is 0 Å². The van der Waals surface area contributed by atoms with Gasteiger partial charge in [0.1, 0.15) is 11.9 Å². The third kappa shape index (κ3) is 2.63. The highest BCUT2D eigenvalue weighted by atomic mass is 35.5. The maximum Gasteiger partial charge on any atom is 0.337 e. The van der Waals surface area contributed by atoms with Gasteiger partial charge in [0.05, 0.1) is 22.8 Å². The van der Waals surface area contributed by atoms with Crippen molar-refractivity contribution in [1.29, 1.82) is 0 Å². The fraction of sp³-hybridized carbons (Fsp3) is 0.533. The average molecular weight is 297 g/mol. The minimum Gasteiger partial charge on any atom is -0.490 e. The second-order valence-electron chi connectivity index (χ2n) is 5.56. The molecule has 3 rings (SSSR count). The average Bonchev–Trinajstić information content (AvgIpc) is 2.39. The second kappa shape index (κ2) is 5.26. The van der Waals surface area contributed by atoms with Gasteiger partial charge >= 0.3 is 5.97 Å². The zero-order chi connectivity index (χ0) is 14.2. The SMILES string of the molecule is O=C(O)c1cc(OC2CCOC3(CCC3)C2)ccc1Cl. The molecule has 5 heteroatoms. The van der Waals surface area contributed by atoms with Crippen LogP contribution in [-0.4, -0.2) is 29.4 Å². The molecule has 2 aliphatic rings. The Morgan fingerprint density at radius 3 is 2.90 bits per heavy atom. The lowest BCUT2D eigenvalue weighted by Gasteiger charge is -2.46. The van der Waals surface area contributed by atoms with Crippen LogP contribution in [0.25, 0.3) is 0 Å². The van der Waals surface area contributed by atoms with Crippen LogP contribution in [0, 0.1) is 0 Å². The van der Waals surface area contributed by atoms with Crippen molar-refractivity contribution in [3.05, 3.63) is 28.8 Å². The summed E-state index contributed by atoms with van der Waals surface area (Å²) in [5.41, 5.74) is 0.0971. The summed E-state index contributed by atoms with van der Waals surface area (Å²) >= 11 is 5.85. The molecule has 0 amide bonds. The van der Waals surface area contributed by atoms with Gasteiger partial charge in [-0.05, 0) is 37.5 Å². The Balaban J connectivity index is 1.71. The van der Waals surface area contributed by atoms with Crippen molar-refractivity contribution in [2.24, 2.45) is 0 Å². The Hall–Kier alpha value is -1.26. The van der Waals surface area contributed by atoms with E-state index in [1.807, 2.05) is 0 Å². The van der Waals surface area contributed by atoms with E-state index in [-0.39, 0.29) is 22.3 Å². The number of rotatable bonds is 3. The van der Waals surface area contributed by atoms with Gasteiger partial charge < -0.3 is 14.6 Å². The number of halogens is 1. The lowest BCUT2D eigenvalue weighted by Crippen LogP contribution is -2.48. The zero-order valence-electron chi connectivity index (χ0n) is 11.1. The fourth-order valence-corrected chi connectivity index (χ4v) is 3.14. The minimum absolute atomic E-state index is 0.0188. The van der Waals surface area contributed by atoms with Crippen LogP contribution < -0.4 is 4.74 Å². The van der Waals surface area contributed by atoms with Crippen molar-refractivity contribution in [3.8, 4) is 5.75 Å². The quantitative estimate of drug-likeness (QED) is 0.927. The molecule has 1 aromatic rings. The van der Waals surface area contributed by atoms with Gasteiger partial charge in [-0.3, -0.25) is 0 Å². The molecule has 20 heavy (non-hydrogen) atoms. The van der Waals surface area contributed by atoms with Gasteiger partial charge in [0, 0.05) is 12.8 Å². The third-order valence-electron chi connectivity index (χ3n) is 4.18. The number of benzene rings is 1. The summed E-state index contributed by atoms with van der Waals surface area (Å²) in [4.78, 5) is 11.1. The molecule has 1 aromatic carbocycles. The summed E-state index contributed by atoms with van der Waals surface area (Å²) in [6, 6.07) is 4.78. The smallest absolute Gasteiger partial charge is 0.337 e. The number of carboxylic acids is 1. The molecule has 0 bridgehead atoms. The lowest BCUT2D eigenvalue weighted by atomic mass is 9.74. The van der Waals surface area contributed by atoms with Crippen molar-refractivity contribution in [3.63, 3.8) is 0 Å². The topological polar surface area (TPSA) is 55.8 Å². The first kappa shape index (κ1) is 13.7. The Kier molecular flexibility index (Phi) is 3.61. The number of hydrogen-bond acceptors (Lipinski definition) is 3. The van der Waals surface area contributed by atoms with Crippen LogP contribution in [0.5, 0.6) is 5.75 Å². The maximum absolute atomic E-state index is 11.1. The van der Waals surface area contributed by atoms with E-state index in [1.165, 1.54) is 12.5 Å². The Morgan fingerprint density at radius 2 is 2.25 bits per heavy atom. The van der Waals surface area contributed by atoms with Crippen molar-refractivity contribution in [1.82, 2.24) is 0 Å². The van der Waals surface area contributed by atoms with Crippen LogP contribution >= 0.6 is 11.6 Å². The number of hydrogen-bond donors (Lipinski definition) is 1. The van der Waals surface area contributed by atoms with Crippen molar-refractivity contribution in [2.45, 2.75) is 43.8 Å². The Bertz CT molecular complexity index is 525. The largest absolute Gasteiger partial charge is 0.490 e. The number of carboxylic acid groups (broad SMARTS) is 1. The molecule has 1 saturated carbocycles. The summed E-state index contributed by atoms with van der Waals surface area (Å²) in [6.45, 7) is 0.712. The molecular formula is C15H17ClO4. The number of aromatic carboxylic acids is 1. The third-order valence-corrected chi connectivity index (χ3v) is 4.51. The van der Waals surface area contributed by atoms with Crippen LogP contribution in [0.3, 0.4) is 0 Å². The molecule has 1 aliphatic heterocycles. The van der Waals surface area contributed by atoms with Crippen LogP contribution in [0.15, 0.2) is 18.2 Å². The van der Waals surface area contributed by atoms with Gasteiger partial charge in [0.2, 0.25) is 0 Å². The standard InChI is InChI=1S/C15H17ClO4/c16-13-3-2-10(8-12(13)14(17)18)20-11-4-7-19-15(9-11)5-1-6-15/h2-3,8,11H,1,4-7,9H2,(H,17,18). The zero-order valence-corrected chi connectivity index (χ0v) is 11.9. The summed E-state index contributed by atoms with van der Waals surface area (Å²) < 4.78 is 11.8. The molecular weight excluding hydrogens is 280 g/mol. The van der Waals surface area contributed by atoms with Gasteiger partial charge in [0.25, 0.3) is 0 Å². The van der Waals surface area contributed by atoms with E-state index in [0.717, 1.165) is 25.7 Å². The summed E-state index contributed by atoms with van der Waals surface area (Å²) in [5.74, 6) is -0.476. The van der Waals surface area contributed by atoms with Gasteiger partial charge in [-0.2, -0.15) is 0 Å². The van der Waals surface area contributed by atoms with Gasteiger partial charge in [-0.25, -0.2) is 4.79 Å². The normalized spacial score (nSPS) is 24.1.